The minimum atomic E-state index is -3.30. The van der Waals surface area contributed by atoms with E-state index in [-0.39, 0.29) is 17.3 Å². The molecule has 2 heterocycles. The lowest BCUT2D eigenvalue weighted by molar-refractivity contribution is -0.120. The lowest BCUT2D eigenvalue weighted by Crippen LogP contribution is -2.19. The molecule has 1 aromatic carbocycles. The van der Waals surface area contributed by atoms with Crippen LogP contribution in [0.4, 0.5) is 5.69 Å². The van der Waals surface area contributed by atoms with Crippen molar-refractivity contribution >= 4 is 27.3 Å². The molecule has 10 nitrogen and oxygen atoms in total. The summed E-state index contributed by atoms with van der Waals surface area (Å²) < 4.78 is 24.6. The number of aryl methyl sites for hydroxylation is 2. The van der Waals surface area contributed by atoms with Crippen LogP contribution in [0.3, 0.4) is 0 Å². The Morgan fingerprint density at radius 2 is 1.90 bits per heavy atom. The summed E-state index contributed by atoms with van der Waals surface area (Å²) in [6.45, 7) is 3.47. The van der Waals surface area contributed by atoms with E-state index in [2.05, 4.69) is 20.6 Å². The first-order chi connectivity index (χ1) is 14.6. The number of hydrogen-bond donors (Lipinski definition) is 2. The Morgan fingerprint density at radius 1 is 1.19 bits per heavy atom. The highest BCUT2D eigenvalue weighted by atomic mass is 32.2. The maximum Gasteiger partial charge on any atom is 0.265 e. The van der Waals surface area contributed by atoms with Crippen LogP contribution < -0.4 is 11.1 Å². The number of pyridine rings is 1. The number of nitrogens with two attached hydrogens (primary N) is 1. The molecule has 0 bridgehead atoms. The van der Waals surface area contributed by atoms with Gasteiger partial charge in [-0.05, 0) is 56.3 Å². The number of amides is 1. The molecule has 11 heteroatoms. The average molecular weight is 443 g/mol. The van der Waals surface area contributed by atoms with Gasteiger partial charge in [0.15, 0.2) is 28.1 Å². The van der Waals surface area contributed by atoms with Gasteiger partial charge in [0.25, 0.3) is 5.91 Å². The number of rotatable bonds is 7. The lowest BCUT2D eigenvalue weighted by Gasteiger charge is -2.06. The summed E-state index contributed by atoms with van der Waals surface area (Å²) in [6, 6.07) is 11.2. The van der Waals surface area contributed by atoms with Crippen LogP contribution in [0.15, 0.2) is 58.7 Å². The molecule has 0 aliphatic carbocycles. The molecule has 3 aromatic rings. The number of aromatic nitrogens is 3. The number of sulfone groups is 1. The molecule has 2 aromatic heterocycles. The monoisotopic (exact) mass is 442 g/mol. The van der Waals surface area contributed by atoms with E-state index < -0.39 is 15.7 Å². The van der Waals surface area contributed by atoms with Crippen molar-refractivity contribution in [3.8, 4) is 5.82 Å². The molecule has 0 radical (unpaired) electrons. The van der Waals surface area contributed by atoms with Gasteiger partial charge < -0.3 is 15.9 Å². The van der Waals surface area contributed by atoms with Gasteiger partial charge >= 0.3 is 0 Å². The quantitative estimate of drug-likeness (QED) is 0.321. The maximum absolute atomic E-state index is 12.0. The predicted octanol–water partition coefficient (Wildman–Crippen LogP) is 1.56. The number of benzene rings is 1. The molecule has 1 amide bonds. The predicted molar refractivity (Wildman–Crippen MR) is 116 cm³/mol. The highest BCUT2D eigenvalue weighted by Crippen LogP contribution is 2.14. The Morgan fingerprint density at radius 3 is 2.45 bits per heavy atom. The van der Waals surface area contributed by atoms with Crippen LogP contribution in [0, 0.1) is 13.8 Å². The number of amidine groups is 1. The van der Waals surface area contributed by atoms with E-state index >= 15 is 0 Å². The number of carbonyl (C=O) groups excluding carboxylic acids is 1. The van der Waals surface area contributed by atoms with Crippen LogP contribution >= 0.6 is 0 Å². The van der Waals surface area contributed by atoms with Crippen molar-refractivity contribution in [3.05, 3.63) is 65.6 Å². The van der Waals surface area contributed by atoms with Crippen LogP contribution in [0.25, 0.3) is 5.82 Å². The van der Waals surface area contributed by atoms with Crippen LogP contribution in [0.1, 0.15) is 17.0 Å². The smallest absolute Gasteiger partial charge is 0.265 e. The number of anilines is 1. The van der Waals surface area contributed by atoms with E-state index in [0.29, 0.717) is 17.1 Å². The zero-order chi connectivity index (χ0) is 22.6. The molecular weight excluding hydrogens is 420 g/mol. The number of nitrogens with zero attached hydrogens (tertiary/aromatic N) is 4. The molecule has 0 unspecified atom stereocenters. The fourth-order valence-electron chi connectivity index (χ4n) is 2.72. The molecule has 31 heavy (non-hydrogen) atoms. The molecular formula is C20H22N6O4S. The third kappa shape index (κ3) is 5.66. The van der Waals surface area contributed by atoms with Gasteiger partial charge in [0.2, 0.25) is 0 Å². The summed E-state index contributed by atoms with van der Waals surface area (Å²) in [7, 11) is -3.30. The van der Waals surface area contributed by atoms with Gasteiger partial charge in [0.1, 0.15) is 0 Å². The summed E-state index contributed by atoms with van der Waals surface area (Å²) in [6.07, 6.45) is 2.65. The van der Waals surface area contributed by atoms with Crippen molar-refractivity contribution < 1.29 is 18.0 Å². The molecule has 0 fully saturated rings. The summed E-state index contributed by atoms with van der Waals surface area (Å²) >= 11 is 0. The molecule has 3 rings (SSSR count). The van der Waals surface area contributed by atoms with Crippen LogP contribution in [-0.4, -0.2) is 47.8 Å². The van der Waals surface area contributed by atoms with Crippen molar-refractivity contribution in [1.29, 1.82) is 0 Å². The Kier molecular flexibility index (Phi) is 6.35. The van der Waals surface area contributed by atoms with Crippen molar-refractivity contribution in [1.82, 2.24) is 14.8 Å². The molecule has 0 saturated heterocycles. The zero-order valence-electron chi connectivity index (χ0n) is 17.2. The standard InChI is InChI=1S/C20H22N6O4S/c1-13-10-14(2)26(24-13)18-9-4-15(11-22-18)20(21)25-30-12-19(27)23-16-5-7-17(8-6-16)31(3,28)29/h4-11H,12H2,1-3H3,(H2,21,25)(H,23,27). The SMILES string of the molecule is Cc1cc(C)n(-c2ccc(/C(N)=N/OCC(=O)Nc3ccc(S(C)(=O)=O)cc3)cn2)n1. The molecule has 0 saturated carbocycles. The van der Waals surface area contributed by atoms with Crippen molar-refractivity contribution in [2.75, 3.05) is 18.2 Å². The van der Waals surface area contributed by atoms with Crippen LogP contribution in [-0.2, 0) is 19.5 Å². The highest BCUT2D eigenvalue weighted by Gasteiger charge is 2.09. The number of nitrogens with one attached hydrogen (secondary N) is 1. The summed E-state index contributed by atoms with van der Waals surface area (Å²) in [5, 5.41) is 10.7. The first kappa shape index (κ1) is 22.0. The Balaban J connectivity index is 1.55. The Bertz CT molecular complexity index is 1220. The van der Waals surface area contributed by atoms with Gasteiger partial charge in [-0.3, -0.25) is 4.79 Å². The fraction of sp³-hybridized carbons (Fsp3) is 0.200. The maximum atomic E-state index is 12.0. The van der Waals surface area contributed by atoms with E-state index in [1.807, 2.05) is 19.9 Å². The second-order valence-corrected chi connectivity index (χ2v) is 8.85. The number of hydrogen-bond acceptors (Lipinski definition) is 7. The third-order valence-corrected chi connectivity index (χ3v) is 5.32. The Labute approximate surface area is 179 Å². The first-order valence-electron chi connectivity index (χ1n) is 9.19. The molecule has 0 spiro atoms. The first-order valence-corrected chi connectivity index (χ1v) is 11.1. The van der Waals surface area contributed by atoms with Crippen LogP contribution in [0.5, 0.6) is 0 Å². The van der Waals surface area contributed by atoms with Gasteiger partial charge in [-0.15, -0.1) is 0 Å². The third-order valence-electron chi connectivity index (χ3n) is 4.20. The van der Waals surface area contributed by atoms with Crippen molar-refractivity contribution in [2.24, 2.45) is 10.9 Å². The summed E-state index contributed by atoms with van der Waals surface area (Å²) in [5.74, 6) is 0.240. The second kappa shape index (κ2) is 8.96. The van der Waals surface area contributed by atoms with Gasteiger partial charge in [-0.2, -0.15) is 5.10 Å². The van der Waals surface area contributed by atoms with Gasteiger partial charge in [0.05, 0.1) is 10.6 Å². The largest absolute Gasteiger partial charge is 0.384 e. The zero-order valence-corrected chi connectivity index (χ0v) is 18.0. The van der Waals surface area contributed by atoms with Crippen LogP contribution in [0.2, 0.25) is 0 Å². The van der Waals surface area contributed by atoms with E-state index in [1.54, 1.807) is 16.8 Å². The molecule has 0 atom stereocenters. The molecule has 0 aliphatic rings. The van der Waals surface area contributed by atoms with Gasteiger partial charge in [-0.1, -0.05) is 5.16 Å². The second-order valence-electron chi connectivity index (χ2n) is 6.84. The highest BCUT2D eigenvalue weighted by molar-refractivity contribution is 7.90. The summed E-state index contributed by atoms with van der Waals surface area (Å²) in [4.78, 5) is 21.5. The van der Waals surface area contributed by atoms with E-state index in [0.717, 1.165) is 17.6 Å². The van der Waals surface area contributed by atoms with Gasteiger partial charge in [0, 0.05) is 29.4 Å². The van der Waals surface area contributed by atoms with Crippen molar-refractivity contribution in [3.63, 3.8) is 0 Å². The van der Waals surface area contributed by atoms with E-state index in [4.69, 9.17) is 10.6 Å². The van der Waals surface area contributed by atoms with E-state index in [9.17, 15) is 13.2 Å². The van der Waals surface area contributed by atoms with Gasteiger partial charge in [-0.25, -0.2) is 18.1 Å². The topological polar surface area (TPSA) is 142 Å². The molecule has 0 aliphatic heterocycles. The number of oxime groups is 1. The minimum absolute atomic E-state index is 0.0673. The average Bonchev–Trinajstić information content (AvgIpc) is 3.05. The lowest BCUT2D eigenvalue weighted by atomic mass is 10.2. The number of carbonyl (C=O) groups is 1. The normalized spacial score (nSPS) is 11.9. The summed E-state index contributed by atoms with van der Waals surface area (Å²) in [5.41, 5.74) is 8.70. The minimum Gasteiger partial charge on any atom is -0.384 e. The Hall–Kier alpha value is -3.73. The van der Waals surface area contributed by atoms with Crippen molar-refractivity contribution in [2.45, 2.75) is 18.7 Å². The van der Waals surface area contributed by atoms with E-state index in [1.165, 1.54) is 30.5 Å². The fourth-order valence-corrected chi connectivity index (χ4v) is 3.35. The molecule has 162 valence electrons. The molecule has 3 N–H and O–H groups in total.